The fourth-order valence-corrected chi connectivity index (χ4v) is 4.21. The first kappa shape index (κ1) is 30.2. The average Bonchev–Trinajstić information content (AvgIpc) is 2.89. The largest absolute Gasteiger partial charge is 0.493 e. The van der Waals surface area contributed by atoms with Crippen molar-refractivity contribution in [3.8, 4) is 23.0 Å². The van der Waals surface area contributed by atoms with Gasteiger partial charge in [-0.25, -0.2) is 0 Å². The van der Waals surface area contributed by atoms with Crippen LogP contribution < -0.4 is 18.9 Å². The summed E-state index contributed by atoms with van der Waals surface area (Å²) in [6, 6.07) is 11.5. The van der Waals surface area contributed by atoms with E-state index in [2.05, 4.69) is 26.8 Å². The van der Waals surface area contributed by atoms with E-state index in [1.165, 1.54) is 6.16 Å². The Kier molecular flexibility index (Phi) is 13.6. The van der Waals surface area contributed by atoms with Gasteiger partial charge in [0.05, 0.1) is 27.4 Å². The molecule has 2 aromatic carbocycles. The van der Waals surface area contributed by atoms with Gasteiger partial charge in [0.1, 0.15) is 0 Å². The summed E-state index contributed by atoms with van der Waals surface area (Å²) in [6.07, 6.45) is 11.7. The molecule has 0 aliphatic carbocycles. The van der Waals surface area contributed by atoms with E-state index in [4.69, 9.17) is 18.9 Å². The minimum absolute atomic E-state index is 0.0261. The van der Waals surface area contributed by atoms with Crippen molar-refractivity contribution in [3.63, 3.8) is 0 Å². The predicted octanol–water partition coefficient (Wildman–Crippen LogP) is 7.64. The molecule has 0 aliphatic heterocycles. The van der Waals surface area contributed by atoms with E-state index in [1.54, 1.807) is 26.4 Å². The highest BCUT2D eigenvalue weighted by Crippen LogP contribution is 2.30. The van der Waals surface area contributed by atoms with Gasteiger partial charge in [-0.15, -0.1) is 7.92 Å². The summed E-state index contributed by atoms with van der Waals surface area (Å²) in [5, 5.41) is 0. The molecular formula is C31H41O5P. The smallest absolute Gasteiger partial charge is 0.161 e. The Morgan fingerprint density at radius 2 is 1.38 bits per heavy atom. The van der Waals surface area contributed by atoms with E-state index in [0.29, 0.717) is 24.7 Å². The first-order chi connectivity index (χ1) is 17.9. The Morgan fingerprint density at radius 3 is 1.89 bits per heavy atom. The number of hydrogen-bond acceptors (Lipinski definition) is 5. The number of carbonyl (C=O) groups is 1. The lowest BCUT2D eigenvalue weighted by Crippen LogP contribution is -2.01. The molecule has 5 nitrogen and oxygen atoms in total. The molecule has 0 fully saturated rings. The van der Waals surface area contributed by atoms with Gasteiger partial charge in [0.15, 0.2) is 28.8 Å². The van der Waals surface area contributed by atoms with Crippen LogP contribution in [0.3, 0.4) is 0 Å². The normalized spacial score (nSPS) is 11.3. The maximum atomic E-state index is 12.5. The fourth-order valence-electron chi connectivity index (χ4n) is 3.45. The average molecular weight is 525 g/mol. The maximum Gasteiger partial charge on any atom is 0.161 e. The Morgan fingerprint density at radius 1 is 0.838 bits per heavy atom. The summed E-state index contributed by atoms with van der Waals surface area (Å²) in [7, 11) is 3.34. The molecule has 2 aromatic rings. The van der Waals surface area contributed by atoms with Crippen LogP contribution in [0.5, 0.6) is 23.0 Å². The highest BCUT2D eigenvalue weighted by Gasteiger charge is 2.07. The molecule has 0 amide bonds. The van der Waals surface area contributed by atoms with Gasteiger partial charge in [-0.2, -0.15) is 0 Å². The number of ether oxygens (including phenoxy) is 4. The molecule has 6 heteroatoms. The summed E-state index contributed by atoms with van der Waals surface area (Å²) in [5.41, 5.74) is 2.54. The SMILES string of the molecule is C=C(/C=C/c1ccc(OCCCC)c(OC)c1)CC(=O)/C=C/c1ccc(OCCCP(C)C)c(OC)c1. The summed E-state index contributed by atoms with van der Waals surface area (Å²) in [5.74, 6) is 2.77. The third kappa shape index (κ3) is 11.3. The lowest BCUT2D eigenvalue weighted by atomic mass is 10.1. The Hall–Kier alpha value is -3.04. The van der Waals surface area contributed by atoms with Gasteiger partial charge in [0.2, 0.25) is 0 Å². The Balaban J connectivity index is 1.91. The number of carbonyl (C=O) groups excluding carboxylic acids is 1. The summed E-state index contributed by atoms with van der Waals surface area (Å²) < 4.78 is 22.6. The van der Waals surface area contributed by atoms with Gasteiger partial charge in [0, 0.05) is 6.42 Å². The van der Waals surface area contributed by atoms with Crippen LogP contribution >= 0.6 is 7.92 Å². The van der Waals surface area contributed by atoms with Crippen LogP contribution in [-0.4, -0.2) is 52.7 Å². The van der Waals surface area contributed by atoms with Crippen LogP contribution in [0.15, 0.2) is 60.7 Å². The van der Waals surface area contributed by atoms with Crippen LogP contribution in [0.2, 0.25) is 0 Å². The molecule has 0 aliphatic rings. The van der Waals surface area contributed by atoms with Gasteiger partial charge in [0.25, 0.3) is 0 Å². The minimum Gasteiger partial charge on any atom is -0.493 e. The van der Waals surface area contributed by atoms with Crippen molar-refractivity contribution in [1.82, 2.24) is 0 Å². The van der Waals surface area contributed by atoms with Crippen molar-refractivity contribution in [1.29, 1.82) is 0 Å². The quantitative estimate of drug-likeness (QED) is 0.0921. The van der Waals surface area contributed by atoms with Crippen molar-refractivity contribution in [2.75, 3.05) is 46.9 Å². The second kappa shape index (κ2) is 16.7. The standard InChI is InChI=1S/C31H41O5P/c1-7-8-18-35-28-16-13-25(22-30(28)33-3)11-10-24(2)21-27(32)15-12-26-14-17-29(31(23-26)34-4)36-19-9-20-37(5)6/h10-17,22-23H,2,7-9,18-21H2,1,3-6H3/b11-10+,15-12+. The molecule has 0 heterocycles. The zero-order valence-corrected chi connectivity index (χ0v) is 23.8. The van der Waals surface area contributed by atoms with Gasteiger partial charge in [-0.05, 0) is 79.4 Å². The number of allylic oxidation sites excluding steroid dienone is 3. The number of unbranched alkanes of at least 4 members (excludes halogenated alkanes) is 1. The minimum atomic E-state index is -0.0261. The van der Waals surface area contributed by atoms with Crippen molar-refractivity contribution in [3.05, 3.63) is 71.8 Å². The van der Waals surface area contributed by atoms with Crippen LogP contribution in [0.4, 0.5) is 0 Å². The highest BCUT2D eigenvalue weighted by molar-refractivity contribution is 7.55. The van der Waals surface area contributed by atoms with Crippen LogP contribution in [-0.2, 0) is 4.79 Å². The number of benzene rings is 2. The summed E-state index contributed by atoms with van der Waals surface area (Å²) >= 11 is 0. The van der Waals surface area contributed by atoms with E-state index < -0.39 is 0 Å². The summed E-state index contributed by atoms with van der Waals surface area (Å²) in [6.45, 7) is 12.0. The molecule has 200 valence electrons. The molecule has 2 rings (SSSR count). The predicted molar refractivity (Wildman–Crippen MR) is 157 cm³/mol. The van der Waals surface area contributed by atoms with E-state index in [0.717, 1.165) is 47.5 Å². The van der Waals surface area contributed by atoms with Gasteiger partial charge >= 0.3 is 0 Å². The summed E-state index contributed by atoms with van der Waals surface area (Å²) in [4.78, 5) is 12.5. The van der Waals surface area contributed by atoms with E-state index in [-0.39, 0.29) is 20.1 Å². The molecule has 37 heavy (non-hydrogen) atoms. The molecule has 0 aromatic heterocycles. The van der Waals surface area contributed by atoms with Gasteiger partial charge in [-0.1, -0.05) is 50.3 Å². The van der Waals surface area contributed by atoms with E-state index in [1.807, 2.05) is 48.6 Å². The van der Waals surface area contributed by atoms with Crippen LogP contribution in [0, 0.1) is 0 Å². The Bertz CT molecular complexity index is 1070. The molecule has 0 N–H and O–H groups in total. The molecule has 0 atom stereocenters. The number of ketones is 1. The van der Waals surface area contributed by atoms with E-state index >= 15 is 0 Å². The third-order valence-electron chi connectivity index (χ3n) is 5.51. The molecule has 0 bridgehead atoms. The zero-order chi connectivity index (χ0) is 27.0. The number of methoxy groups -OCH3 is 2. The second-order valence-corrected chi connectivity index (χ2v) is 11.6. The first-order valence-corrected chi connectivity index (χ1v) is 15.1. The van der Waals surface area contributed by atoms with Crippen molar-refractivity contribution in [2.24, 2.45) is 0 Å². The van der Waals surface area contributed by atoms with Crippen molar-refractivity contribution < 1.29 is 23.7 Å². The molecule has 0 saturated carbocycles. The van der Waals surface area contributed by atoms with Crippen LogP contribution in [0.1, 0.15) is 43.7 Å². The number of rotatable bonds is 17. The fraction of sp³-hybridized carbons (Fsp3) is 0.387. The van der Waals surface area contributed by atoms with Crippen molar-refractivity contribution in [2.45, 2.75) is 32.6 Å². The second-order valence-electron chi connectivity index (χ2n) is 9.00. The monoisotopic (exact) mass is 524 g/mol. The molecule has 0 spiro atoms. The Labute approximate surface area is 223 Å². The first-order valence-electron chi connectivity index (χ1n) is 12.7. The lowest BCUT2D eigenvalue weighted by Gasteiger charge is -2.12. The topological polar surface area (TPSA) is 54.0 Å². The third-order valence-corrected chi connectivity index (χ3v) is 6.72. The molecule has 0 radical (unpaired) electrons. The lowest BCUT2D eigenvalue weighted by molar-refractivity contribution is -0.113. The van der Waals surface area contributed by atoms with Crippen molar-refractivity contribution >= 4 is 25.9 Å². The van der Waals surface area contributed by atoms with Crippen LogP contribution in [0.25, 0.3) is 12.2 Å². The van der Waals surface area contributed by atoms with Gasteiger partial charge in [-0.3, -0.25) is 4.79 Å². The number of hydrogen-bond donors (Lipinski definition) is 0. The molecule has 0 unspecified atom stereocenters. The maximum absolute atomic E-state index is 12.5. The highest BCUT2D eigenvalue weighted by atomic mass is 31.1. The molecule has 0 saturated heterocycles. The van der Waals surface area contributed by atoms with Gasteiger partial charge < -0.3 is 18.9 Å². The zero-order valence-electron chi connectivity index (χ0n) is 22.9. The van der Waals surface area contributed by atoms with E-state index in [9.17, 15) is 4.79 Å². The molecular weight excluding hydrogens is 483 g/mol.